The molecule has 2 heterocycles. The number of anilines is 2. The lowest BCUT2D eigenvalue weighted by atomic mass is 10.0. The fraction of sp³-hybridized carbons (Fsp3) is 0.556. The van der Waals surface area contributed by atoms with Crippen LogP contribution in [0, 0.1) is 0 Å². The summed E-state index contributed by atoms with van der Waals surface area (Å²) in [6, 6.07) is 8.51. The summed E-state index contributed by atoms with van der Waals surface area (Å²) in [6.45, 7) is 4.32. The Morgan fingerprint density at radius 3 is 2.64 bits per heavy atom. The zero-order chi connectivity index (χ0) is 19.9. The molecule has 0 bridgehead atoms. The van der Waals surface area contributed by atoms with Gasteiger partial charge in [-0.05, 0) is 37.0 Å². The first-order valence-corrected chi connectivity index (χ1v) is 11.4. The number of nitrogen functional groups attached to an aromatic ring is 1. The van der Waals surface area contributed by atoms with Gasteiger partial charge in [-0.2, -0.15) is 4.98 Å². The second-order valence-corrected chi connectivity index (χ2v) is 8.63. The zero-order valence-electron chi connectivity index (χ0n) is 16.1. The van der Waals surface area contributed by atoms with E-state index in [1.807, 2.05) is 12.1 Å². The predicted molar refractivity (Wildman–Crippen MR) is 115 cm³/mol. The van der Waals surface area contributed by atoms with Gasteiger partial charge in [0.05, 0.1) is 11.0 Å². The lowest BCUT2D eigenvalue weighted by Crippen LogP contribution is -2.48. The SMILES string of the molecule is CS(=O)NCCN(CCc1ccc(Cl)cc1)C1CCN(c2n[nH]c(N)n2)CC1. The molecule has 1 aromatic heterocycles. The number of aromatic nitrogens is 3. The highest BCUT2D eigenvalue weighted by Crippen LogP contribution is 2.21. The van der Waals surface area contributed by atoms with Gasteiger partial charge in [0.1, 0.15) is 0 Å². The standard InChI is InChI=1S/C18H28ClN7OS/c1-28(27)21-9-13-25(10-6-14-2-4-15(19)5-3-14)16-7-11-26(12-8-16)18-22-17(20)23-24-18/h2-5,16,21H,6-13H2,1H3,(H3,20,22,23,24). The minimum absolute atomic E-state index is 0.348. The van der Waals surface area contributed by atoms with Crippen LogP contribution in [0.5, 0.6) is 0 Å². The van der Waals surface area contributed by atoms with Crippen LogP contribution >= 0.6 is 11.6 Å². The molecule has 0 spiro atoms. The lowest BCUT2D eigenvalue weighted by Gasteiger charge is -2.38. The van der Waals surface area contributed by atoms with Gasteiger partial charge >= 0.3 is 0 Å². The van der Waals surface area contributed by atoms with Crippen LogP contribution in [0.2, 0.25) is 5.02 Å². The molecule has 1 aliphatic heterocycles. The Bertz CT molecular complexity index is 762. The van der Waals surface area contributed by atoms with Crippen LogP contribution in [-0.2, 0) is 17.4 Å². The van der Waals surface area contributed by atoms with Gasteiger partial charge in [0.2, 0.25) is 11.9 Å². The van der Waals surface area contributed by atoms with E-state index in [4.69, 9.17) is 17.3 Å². The summed E-state index contributed by atoms with van der Waals surface area (Å²) in [5, 5.41) is 7.62. The van der Waals surface area contributed by atoms with E-state index in [2.05, 4.69) is 41.8 Å². The van der Waals surface area contributed by atoms with Crippen molar-refractivity contribution in [1.82, 2.24) is 24.8 Å². The number of hydrogen-bond donors (Lipinski definition) is 3. The quantitative estimate of drug-likeness (QED) is 0.561. The van der Waals surface area contributed by atoms with Crippen molar-refractivity contribution < 1.29 is 4.21 Å². The Labute approximate surface area is 173 Å². The van der Waals surface area contributed by atoms with Crippen molar-refractivity contribution in [3.63, 3.8) is 0 Å². The molecule has 2 aromatic rings. The number of halogens is 1. The third-order valence-electron chi connectivity index (χ3n) is 5.06. The number of nitrogens with zero attached hydrogens (tertiary/aromatic N) is 4. The maximum absolute atomic E-state index is 11.3. The fourth-order valence-corrected chi connectivity index (χ4v) is 4.08. The highest BCUT2D eigenvalue weighted by Gasteiger charge is 2.26. The van der Waals surface area contributed by atoms with E-state index in [1.165, 1.54) is 5.56 Å². The van der Waals surface area contributed by atoms with Gasteiger partial charge in [-0.15, -0.1) is 5.10 Å². The normalized spacial score (nSPS) is 16.6. The number of aromatic amines is 1. The van der Waals surface area contributed by atoms with Crippen LogP contribution in [0.25, 0.3) is 0 Å². The number of H-pyrrole nitrogens is 1. The number of rotatable bonds is 9. The van der Waals surface area contributed by atoms with Crippen LogP contribution in [0.15, 0.2) is 24.3 Å². The Balaban J connectivity index is 1.56. The molecule has 154 valence electrons. The van der Waals surface area contributed by atoms with Crippen LogP contribution in [-0.4, -0.2) is 69.3 Å². The second-order valence-electron chi connectivity index (χ2n) is 7.00. The highest BCUT2D eigenvalue weighted by molar-refractivity contribution is 7.82. The van der Waals surface area contributed by atoms with E-state index in [1.54, 1.807) is 6.26 Å². The van der Waals surface area contributed by atoms with Crippen LogP contribution in [0.3, 0.4) is 0 Å². The topological polar surface area (TPSA) is 103 Å². The molecule has 0 aliphatic carbocycles. The van der Waals surface area contributed by atoms with E-state index in [9.17, 15) is 4.21 Å². The molecule has 1 unspecified atom stereocenters. The van der Waals surface area contributed by atoms with E-state index >= 15 is 0 Å². The Hall–Kier alpha value is -1.68. The van der Waals surface area contributed by atoms with Gasteiger partial charge in [0.25, 0.3) is 0 Å². The van der Waals surface area contributed by atoms with Gasteiger partial charge in [-0.25, -0.2) is 14.0 Å². The number of nitrogens with two attached hydrogens (primary N) is 1. The average Bonchev–Trinajstić information content (AvgIpc) is 3.12. The summed E-state index contributed by atoms with van der Waals surface area (Å²) < 4.78 is 14.4. The van der Waals surface area contributed by atoms with Gasteiger partial charge in [0.15, 0.2) is 0 Å². The van der Waals surface area contributed by atoms with Gasteiger partial charge < -0.3 is 10.6 Å². The fourth-order valence-electron chi connectivity index (χ4n) is 3.57. The van der Waals surface area contributed by atoms with Crippen LogP contribution in [0.4, 0.5) is 11.9 Å². The maximum Gasteiger partial charge on any atom is 0.246 e. The van der Waals surface area contributed by atoms with E-state index in [0.717, 1.165) is 50.5 Å². The third-order valence-corrected chi connectivity index (χ3v) is 5.92. The second kappa shape index (κ2) is 10.2. The lowest BCUT2D eigenvalue weighted by molar-refractivity contribution is 0.173. The van der Waals surface area contributed by atoms with Gasteiger partial charge in [0, 0.05) is 50.0 Å². The minimum Gasteiger partial charge on any atom is -0.368 e. The maximum atomic E-state index is 11.3. The molecule has 28 heavy (non-hydrogen) atoms. The predicted octanol–water partition coefficient (Wildman–Crippen LogP) is 1.44. The van der Waals surface area contributed by atoms with Crippen LogP contribution in [0.1, 0.15) is 18.4 Å². The molecular weight excluding hydrogens is 398 g/mol. The smallest absolute Gasteiger partial charge is 0.246 e. The van der Waals surface area contributed by atoms with E-state index < -0.39 is 11.0 Å². The Morgan fingerprint density at radius 1 is 1.32 bits per heavy atom. The molecule has 1 aromatic carbocycles. The van der Waals surface area contributed by atoms with Crippen molar-refractivity contribution in [3.05, 3.63) is 34.9 Å². The largest absolute Gasteiger partial charge is 0.368 e. The highest BCUT2D eigenvalue weighted by atomic mass is 35.5. The number of hydrogen-bond acceptors (Lipinski definition) is 6. The minimum atomic E-state index is -0.989. The summed E-state index contributed by atoms with van der Waals surface area (Å²) in [6.07, 6.45) is 4.69. The van der Waals surface area contributed by atoms with Crippen molar-refractivity contribution in [1.29, 1.82) is 0 Å². The third kappa shape index (κ3) is 6.16. The van der Waals surface area contributed by atoms with Crippen molar-refractivity contribution in [3.8, 4) is 0 Å². The summed E-state index contributed by atoms with van der Waals surface area (Å²) in [5.41, 5.74) is 6.91. The summed E-state index contributed by atoms with van der Waals surface area (Å²) in [4.78, 5) is 8.89. The molecule has 3 rings (SSSR count). The van der Waals surface area contributed by atoms with Gasteiger partial charge in [-0.1, -0.05) is 23.7 Å². The monoisotopic (exact) mass is 425 g/mol. The summed E-state index contributed by atoms with van der Waals surface area (Å²) >= 11 is 5.99. The van der Waals surface area contributed by atoms with E-state index in [-0.39, 0.29) is 0 Å². The molecule has 1 fully saturated rings. The molecule has 0 radical (unpaired) electrons. The molecule has 1 aliphatic rings. The summed E-state index contributed by atoms with van der Waals surface area (Å²) in [5.74, 6) is 1.02. The van der Waals surface area contributed by atoms with Gasteiger partial charge in [-0.3, -0.25) is 4.90 Å². The molecule has 0 saturated carbocycles. The molecule has 1 saturated heterocycles. The van der Waals surface area contributed by atoms with Crippen molar-refractivity contribution >= 4 is 34.5 Å². The van der Waals surface area contributed by atoms with E-state index in [0.29, 0.717) is 24.5 Å². The summed E-state index contributed by atoms with van der Waals surface area (Å²) in [7, 11) is -0.989. The molecular formula is C18H28ClN7OS. The first-order valence-electron chi connectivity index (χ1n) is 9.49. The Morgan fingerprint density at radius 2 is 2.04 bits per heavy atom. The number of piperidine rings is 1. The average molecular weight is 426 g/mol. The first kappa shape index (κ1) is 21.0. The number of nitrogens with one attached hydrogen (secondary N) is 2. The van der Waals surface area contributed by atoms with Crippen molar-refractivity contribution in [2.24, 2.45) is 0 Å². The van der Waals surface area contributed by atoms with Crippen LogP contribution < -0.4 is 15.4 Å². The molecule has 8 nitrogen and oxygen atoms in total. The number of benzene rings is 1. The molecule has 1 atom stereocenters. The molecule has 10 heteroatoms. The van der Waals surface area contributed by atoms with Crippen molar-refractivity contribution in [2.75, 3.05) is 49.6 Å². The first-order chi connectivity index (χ1) is 13.5. The zero-order valence-corrected chi connectivity index (χ0v) is 17.7. The molecule has 4 N–H and O–H groups in total. The Kier molecular flexibility index (Phi) is 7.66. The van der Waals surface area contributed by atoms with Crippen molar-refractivity contribution in [2.45, 2.75) is 25.3 Å². The molecule has 0 amide bonds.